The first-order valence-electron chi connectivity index (χ1n) is 11.1. The molecule has 4 saturated carbocycles. The van der Waals surface area contributed by atoms with Crippen molar-refractivity contribution in [3.63, 3.8) is 0 Å². The van der Waals surface area contributed by atoms with Crippen LogP contribution in [-0.4, -0.2) is 30.3 Å². The summed E-state index contributed by atoms with van der Waals surface area (Å²) in [5, 5.41) is 13.8. The van der Waals surface area contributed by atoms with Crippen molar-refractivity contribution in [1.29, 1.82) is 0 Å². The molecule has 0 saturated heterocycles. The zero-order chi connectivity index (χ0) is 19.8. The first-order valence-corrected chi connectivity index (χ1v) is 11.1. The molecule has 1 amide bonds. The summed E-state index contributed by atoms with van der Waals surface area (Å²) in [7, 11) is 1.73. The topological polar surface area (TPSA) is 58.6 Å². The van der Waals surface area contributed by atoms with E-state index in [9.17, 15) is 9.90 Å². The van der Waals surface area contributed by atoms with Crippen LogP contribution in [0.15, 0.2) is 18.2 Å². The van der Waals surface area contributed by atoms with Gasteiger partial charge in [-0.05, 0) is 86.3 Å². The molecule has 1 aromatic rings. The molecule has 4 aliphatic rings. The van der Waals surface area contributed by atoms with E-state index in [4.69, 9.17) is 4.74 Å². The van der Waals surface area contributed by atoms with Crippen LogP contribution in [-0.2, 0) is 10.2 Å². The van der Waals surface area contributed by atoms with E-state index in [1.54, 1.807) is 7.11 Å². The molecule has 0 spiro atoms. The molecule has 0 atom stereocenters. The summed E-state index contributed by atoms with van der Waals surface area (Å²) in [6, 6.07) is 6.68. The predicted octanol–water partition coefficient (Wildman–Crippen LogP) is 4.41. The lowest BCUT2D eigenvalue weighted by atomic mass is 9.52. The van der Waals surface area contributed by atoms with Gasteiger partial charge in [-0.2, -0.15) is 0 Å². The molecule has 0 unspecified atom stereocenters. The molecule has 4 aliphatic carbocycles. The summed E-state index contributed by atoms with van der Waals surface area (Å²) in [4.78, 5) is 12.6. The predicted molar refractivity (Wildman–Crippen MR) is 111 cm³/mol. The quantitative estimate of drug-likeness (QED) is 0.789. The van der Waals surface area contributed by atoms with Gasteiger partial charge in [0.15, 0.2) is 0 Å². The number of aliphatic hydroxyl groups is 1. The summed E-state index contributed by atoms with van der Waals surface area (Å²) in [5.74, 6) is 0.833. The molecule has 2 N–H and O–H groups in total. The Bertz CT molecular complexity index is 711. The number of hydrogen-bond donors (Lipinski definition) is 2. The number of fused-ring (bicyclic) bond motifs is 3. The Hall–Kier alpha value is -1.55. The number of ether oxygens (including phenoxy) is 1. The van der Waals surface area contributed by atoms with Gasteiger partial charge >= 0.3 is 0 Å². The molecular weight excluding hydrogens is 350 g/mol. The third-order valence-electron chi connectivity index (χ3n) is 8.14. The van der Waals surface area contributed by atoms with E-state index in [2.05, 4.69) is 30.4 Å². The van der Waals surface area contributed by atoms with Crippen molar-refractivity contribution in [3.05, 3.63) is 29.3 Å². The van der Waals surface area contributed by atoms with Gasteiger partial charge in [0.1, 0.15) is 11.4 Å². The number of carbonyl (C=O) groups is 1. The fraction of sp³-hybridized carbons (Fsp3) is 0.708. The summed E-state index contributed by atoms with van der Waals surface area (Å²) >= 11 is 0. The van der Waals surface area contributed by atoms with E-state index < -0.39 is 5.60 Å². The Labute approximate surface area is 169 Å². The SMILES string of the molecule is COc1ccc(C23CCC(CNC(=O)C4(O)CCCCC4)(CC2)CC3)cc1C. The van der Waals surface area contributed by atoms with Crippen molar-refractivity contribution in [3.8, 4) is 5.75 Å². The largest absolute Gasteiger partial charge is 0.496 e. The highest BCUT2D eigenvalue weighted by Crippen LogP contribution is 2.57. The highest BCUT2D eigenvalue weighted by atomic mass is 16.5. The van der Waals surface area contributed by atoms with E-state index in [0.29, 0.717) is 18.3 Å². The number of hydrogen-bond acceptors (Lipinski definition) is 3. The minimum Gasteiger partial charge on any atom is -0.496 e. The maximum absolute atomic E-state index is 12.6. The second-order valence-electron chi connectivity index (χ2n) is 9.74. The third kappa shape index (κ3) is 3.45. The van der Waals surface area contributed by atoms with Gasteiger partial charge in [0.25, 0.3) is 5.91 Å². The molecule has 2 bridgehead atoms. The molecular formula is C24H35NO3. The van der Waals surface area contributed by atoms with Crippen molar-refractivity contribution in [2.75, 3.05) is 13.7 Å². The minimum absolute atomic E-state index is 0.130. The third-order valence-corrected chi connectivity index (χ3v) is 8.14. The monoisotopic (exact) mass is 385 g/mol. The zero-order valence-electron chi connectivity index (χ0n) is 17.5. The van der Waals surface area contributed by atoms with Gasteiger partial charge in [-0.3, -0.25) is 4.79 Å². The van der Waals surface area contributed by atoms with Gasteiger partial charge < -0.3 is 15.2 Å². The molecule has 1 aromatic carbocycles. The fourth-order valence-corrected chi connectivity index (χ4v) is 5.97. The van der Waals surface area contributed by atoms with Gasteiger partial charge in [-0.25, -0.2) is 0 Å². The number of rotatable bonds is 5. The highest BCUT2D eigenvalue weighted by molar-refractivity contribution is 5.85. The van der Waals surface area contributed by atoms with E-state index >= 15 is 0 Å². The maximum Gasteiger partial charge on any atom is 0.251 e. The minimum atomic E-state index is -1.12. The number of aryl methyl sites for hydroxylation is 1. The molecule has 5 rings (SSSR count). The van der Waals surface area contributed by atoms with Gasteiger partial charge in [-0.1, -0.05) is 31.4 Å². The Kier molecular flexibility index (Phi) is 5.20. The lowest BCUT2D eigenvalue weighted by Gasteiger charge is -2.54. The van der Waals surface area contributed by atoms with E-state index in [1.807, 2.05) is 0 Å². The second-order valence-corrected chi connectivity index (χ2v) is 9.74. The number of amides is 1. The Morgan fingerprint density at radius 3 is 2.25 bits per heavy atom. The van der Waals surface area contributed by atoms with Crippen LogP contribution in [0.25, 0.3) is 0 Å². The van der Waals surface area contributed by atoms with Crippen molar-refractivity contribution in [1.82, 2.24) is 5.32 Å². The van der Waals surface area contributed by atoms with E-state index in [1.165, 1.54) is 30.4 Å². The normalized spacial score (nSPS) is 31.4. The molecule has 0 radical (unpaired) electrons. The van der Waals surface area contributed by atoms with Gasteiger partial charge in [0.2, 0.25) is 0 Å². The fourth-order valence-electron chi connectivity index (χ4n) is 5.97. The van der Waals surface area contributed by atoms with Gasteiger partial charge in [0.05, 0.1) is 7.11 Å². The molecule has 0 aliphatic heterocycles. The summed E-state index contributed by atoms with van der Waals surface area (Å²) in [6.45, 7) is 2.85. The van der Waals surface area contributed by atoms with Crippen LogP contribution in [0, 0.1) is 12.3 Å². The summed E-state index contributed by atoms with van der Waals surface area (Å²) in [5.41, 5.74) is 2.07. The number of benzene rings is 1. The number of carbonyl (C=O) groups excluding carboxylic acids is 1. The van der Waals surface area contributed by atoms with Crippen molar-refractivity contribution in [2.45, 2.75) is 88.6 Å². The van der Waals surface area contributed by atoms with Crippen LogP contribution in [0.3, 0.4) is 0 Å². The van der Waals surface area contributed by atoms with Crippen molar-refractivity contribution < 1.29 is 14.6 Å². The zero-order valence-corrected chi connectivity index (χ0v) is 17.5. The van der Waals surface area contributed by atoms with E-state index in [-0.39, 0.29) is 11.3 Å². The van der Waals surface area contributed by atoms with Crippen LogP contribution in [0.1, 0.15) is 81.8 Å². The molecule has 154 valence electrons. The second kappa shape index (κ2) is 7.37. The highest BCUT2D eigenvalue weighted by Gasteiger charge is 2.50. The molecule has 4 heteroatoms. The van der Waals surface area contributed by atoms with Crippen LogP contribution in [0.2, 0.25) is 0 Å². The number of nitrogens with one attached hydrogen (secondary N) is 1. The van der Waals surface area contributed by atoms with Gasteiger partial charge in [-0.15, -0.1) is 0 Å². The maximum atomic E-state index is 12.6. The molecule has 4 nitrogen and oxygen atoms in total. The van der Waals surface area contributed by atoms with Crippen LogP contribution in [0.5, 0.6) is 5.75 Å². The first-order chi connectivity index (χ1) is 13.4. The average Bonchev–Trinajstić information content (AvgIpc) is 2.74. The summed E-state index contributed by atoms with van der Waals surface area (Å²) in [6.07, 6.45) is 11.3. The molecule has 0 aromatic heterocycles. The van der Waals surface area contributed by atoms with Crippen molar-refractivity contribution >= 4 is 5.91 Å². The van der Waals surface area contributed by atoms with Crippen LogP contribution < -0.4 is 10.1 Å². The van der Waals surface area contributed by atoms with Gasteiger partial charge in [0, 0.05) is 6.54 Å². The lowest BCUT2D eigenvalue weighted by Crippen LogP contribution is -2.53. The van der Waals surface area contributed by atoms with Crippen molar-refractivity contribution in [2.24, 2.45) is 5.41 Å². The lowest BCUT2D eigenvalue weighted by molar-refractivity contribution is -0.144. The first kappa shape index (κ1) is 19.8. The Balaban J connectivity index is 1.39. The molecule has 28 heavy (non-hydrogen) atoms. The average molecular weight is 386 g/mol. The van der Waals surface area contributed by atoms with E-state index in [0.717, 1.165) is 50.8 Å². The Morgan fingerprint density at radius 1 is 1.04 bits per heavy atom. The standard InChI is InChI=1S/C24H35NO3/c1-18-16-19(6-7-20(18)28-2)23-13-10-22(11-14-23,12-15-23)17-25-21(26)24(27)8-4-3-5-9-24/h6-7,16,27H,3-5,8-15,17H2,1-2H3,(H,25,26). The molecule has 4 fully saturated rings. The smallest absolute Gasteiger partial charge is 0.251 e. The number of methoxy groups -OCH3 is 1. The van der Waals surface area contributed by atoms with Crippen LogP contribution >= 0.6 is 0 Å². The Morgan fingerprint density at radius 2 is 1.68 bits per heavy atom. The van der Waals surface area contributed by atoms with Crippen LogP contribution in [0.4, 0.5) is 0 Å². The summed E-state index contributed by atoms with van der Waals surface area (Å²) < 4.78 is 5.43. The molecule has 0 heterocycles.